The largest absolute Gasteiger partial charge is 0.306 e. The number of nitrogens with zero attached hydrogens (tertiary/aromatic N) is 2. The number of nitriles is 1. The van der Waals surface area contributed by atoms with Gasteiger partial charge in [-0.1, -0.05) is 13.8 Å². The number of piperidine rings is 1. The molecule has 1 N–H and O–H groups in total. The molecule has 0 saturated carbocycles. The highest BCUT2D eigenvalue weighted by atomic mass is 15.1. The summed E-state index contributed by atoms with van der Waals surface area (Å²) in [7, 11) is 2.11. The summed E-state index contributed by atoms with van der Waals surface area (Å²) in [6, 6.07) is 2.46. The Morgan fingerprint density at radius 3 is 2.43 bits per heavy atom. The summed E-state index contributed by atoms with van der Waals surface area (Å²) < 4.78 is 0. The molecule has 1 saturated heterocycles. The van der Waals surface area contributed by atoms with Gasteiger partial charge < -0.3 is 4.90 Å². The Bertz CT molecular complexity index is 209. The normalized spacial score (nSPS) is 22.2. The van der Waals surface area contributed by atoms with Crippen molar-refractivity contribution in [3.8, 4) is 6.07 Å². The molecule has 14 heavy (non-hydrogen) atoms. The fourth-order valence-electron chi connectivity index (χ4n) is 1.73. The zero-order valence-electron chi connectivity index (χ0n) is 9.51. The molecule has 0 unspecified atom stereocenters. The Balaban J connectivity index is 2.47. The van der Waals surface area contributed by atoms with Crippen molar-refractivity contribution in [2.45, 2.75) is 32.2 Å². The van der Waals surface area contributed by atoms with E-state index in [0.717, 1.165) is 32.5 Å². The van der Waals surface area contributed by atoms with Gasteiger partial charge >= 0.3 is 0 Å². The van der Waals surface area contributed by atoms with E-state index in [9.17, 15) is 5.26 Å². The van der Waals surface area contributed by atoms with Gasteiger partial charge in [-0.3, -0.25) is 5.32 Å². The predicted octanol–water partition coefficient (Wildman–Crippen LogP) is 1.22. The lowest BCUT2D eigenvalue weighted by Crippen LogP contribution is -2.52. The second-order valence-electron chi connectivity index (χ2n) is 4.77. The maximum Gasteiger partial charge on any atom is 0.109 e. The molecule has 1 fully saturated rings. The number of nitrogens with one attached hydrogen (secondary N) is 1. The van der Waals surface area contributed by atoms with Gasteiger partial charge in [0, 0.05) is 13.1 Å². The smallest absolute Gasteiger partial charge is 0.109 e. The standard InChI is InChI=1S/C11H21N3/c1-10(2)8-13-11(9-12)4-6-14(3)7-5-11/h10,13H,4-8H2,1-3H3. The molecule has 3 nitrogen and oxygen atoms in total. The van der Waals surface area contributed by atoms with E-state index < -0.39 is 0 Å². The molecule has 0 aromatic carbocycles. The van der Waals surface area contributed by atoms with E-state index in [2.05, 4.69) is 37.2 Å². The Labute approximate surface area is 87.1 Å². The van der Waals surface area contributed by atoms with Gasteiger partial charge in [-0.25, -0.2) is 0 Å². The Kier molecular flexibility index (Phi) is 3.91. The Morgan fingerprint density at radius 1 is 1.43 bits per heavy atom. The van der Waals surface area contributed by atoms with E-state index in [1.165, 1.54) is 0 Å². The van der Waals surface area contributed by atoms with Crippen molar-refractivity contribution < 1.29 is 0 Å². The second kappa shape index (κ2) is 4.77. The maximum absolute atomic E-state index is 9.21. The van der Waals surface area contributed by atoms with E-state index in [1.54, 1.807) is 0 Å². The highest BCUT2D eigenvalue weighted by Gasteiger charge is 2.33. The highest BCUT2D eigenvalue weighted by molar-refractivity contribution is 5.09. The third kappa shape index (κ3) is 2.97. The van der Waals surface area contributed by atoms with E-state index in [0.29, 0.717) is 5.92 Å². The lowest BCUT2D eigenvalue weighted by atomic mass is 9.89. The number of rotatable bonds is 3. The van der Waals surface area contributed by atoms with Crippen LogP contribution in [0.5, 0.6) is 0 Å². The minimum Gasteiger partial charge on any atom is -0.306 e. The zero-order chi connectivity index (χ0) is 10.6. The topological polar surface area (TPSA) is 39.1 Å². The molecule has 1 rings (SSSR count). The van der Waals surface area contributed by atoms with Crippen LogP contribution in [-0.2, 0) is 0 Å². The molecule has 80 valence electrons. The molecule has 0 atom stereocenters. The molecule has 1 aliphatic heterocycles. The first-order valence-corrected chi connectivity index (χ1v) is 5.43. The van der Waals surface area contributed by atoms with Crippen molar-refractivity contribution in [3.05, 3.63) is 0 Å². The van der Waals surface area contributed by atoms with Crippen LogP contribution in [0.2, 0.25) is 0 Å². The Hall–Kier alpha value is -0.590. The molecule has 0 aromatic rings. The summed E-state index contributed by atoms with van der Waals surface area (Å²) in [4.78, 5) is 2.28. The molecule has 1 heterocycles. The first-order chi connectivity index (χ1) is 6.58. The number of hydrogen-bond acceptors (Lipinski definition) is 3. The molecule has 0 amide bonds. The van der Waals surface area contributed by atoms with Crippen molar-refractivity contribution in [3.63, 3.8) is 0 Å². The highest BCUT2D eigenvalue weighted by Crippen LogP contribution is 2.20. The lowest BCUT2D eigenvalue weighted by molar-refractivity contribution is 0.192. The second-order valence-corrected chi connectivity index (χ2v) is 4.77. The van der Waals surface area contributed by atoms with Crippen LogP contribution in [0.15, 0.2) is 0 Å². The maximum atomic E-state index is 9.21. The SMILES string of the molecule is CC(C)CNC1(C#N)CCN(C)CC1. The van der Waals surface area contributed by atoms with Crippen LogP contribution in [0.3, 0.4) is 0 Å². The number of likely N-dealkylation sites (tertiary alicyclic amines) is 1. The van der Waals surface area contributed by atoms with Gasteiger partial charge in [0.2, 0.25) is 0 Å². The first-order valence-electron chi connectivity index (χ1n) is 5.43. The lowest BCUT2D eigenvalue weighted by Gasteiger charge is -2.36. The van der Waals surface area contributed by atoms with Crippen molar-refractivity contribution >= 4 is 0 Å². The molecular formula is C11H21N3. The fourth-order valence-corrected chi connectivity index (χ4v) is 1.73. The molecular weight excluding hydrogens is 174 g/mol. The predicted molar refractivity (Wildman–Crippen MR) is 57.9 cm³/mol. The summed E-state index contributed by atoms with van der Waals surface area (Å²) >= 11 is 0. The van der Waals surface area contributed by atoms with Crippen molar-refractivity contribution in [2.75, 3.05) is 26.7 Å². The monoisotopic (exact) mass is 195 g/mol. The van der Waals surface area contributed by atoms with Gasteiger partial charge in [-0.2, -0.15) is 5.26 Å². The van der Waals surface area contributed by atoms with Crippen molar-refractivity contribution in [1.29, 1.82) is 5.26 Å². The third-order valence-electron chi connectivity index (χ3n) is 2.90. The quantitative estimate of drug-likeness (QED) is 0.736. The summed E-state index contributed by atoms with van der Waals surface area (Å²) in [5.74, 6) is 0.611. The minimum absolute atomic E-state index is 0.253. The summed E-state index contributed by atoms with van der Waals surface area (Å²) in [5.41, 5.74) is -0.253. The zero-order valence-corrected chi connectivity index (χ0v) is 9.51. The van der Waals surface area contributed by atoms with Crippen LogP contribution in [-0.4, -0.2) is 37.1 Å². The van der Waals surface area contributed by atoms with Gasteiger partial charge in [0.1, 0.15) is 5.54 Å². The molecule has 0 aliphatic carbocycles. The fraction of sp³-hybridized carbons (Fsp3) is 0.909. The van der Waals surface area contributed by atoms with Gasteiger partial charge in [-0.05, 0) is 32.4 Å². The average Bonchev–Trinajstić information content (AvgIpc) is 2.18. The summed E-state index contributed by atoms with van der Waals surface area (Å²) in [6.07, 6.45) is 1.90. The van der Waals surface area contributed by atoms with Crippen LogP contribution in [0.25, 0.3) is 0 Å². The molecule has 0 bridgehead atoms. The summed E-state index contributed by atoms with van der Waals surface area (Å²) in [6.45, 7) is 7.34. The molecule has 0 aromatic heterocycles. The number of hydrogen-bond donors (Lipinski definition) is 1. The van der Waals surface area contributed by atoms with E-state index in [4.69, 9.17) is 0 Å². The third-order valence-corrected chi connectivity index (χ3v) is 2.90. The van der Waals surface area contributed by atoms with Crippen LogP contribution in [0, 0.1) is 17.2 Å². The van der Waals surface area contributed by atoms with Gasteiger partial charge in [0.15, 0.2) is 0 Å². The van der Waals surface area contributed by atoms with Gasteiger partial charge in [0.05, 0.1) is 6.07 Å². The van der Waals surface area contributed by atoms with Crippen molar-refractivity contribution in [2.24, 2.45) is 5.92 Å². The van der Waals surface area contributed by atoms with E-state index in [-0.39, 0.29) is 5.54 Å². The van der Waals surface area contributed by atoms with Crippen LogP contribution in [0.1, 0.15) is 26.7 Å². The molecule has 1 aliphatic rings. The Morgan fingerprint density at radius 2 is 2.00 bits per heavy atom. The van der Waals surface area contributed by atoms with Gasteiger partial charge in [-0.15, -0.1) is 0 Å². The first kappa shape index (κ1) is 11.5. The van der Waals surface area contributed by atoms with Crippen LogP contribution in [0.4, 0.5) is 0 Å². The van der Waals surface area contributed by atoms with Crippen LogP contribution >= 0.6 is 0 Å². The van der Waals surface area contributed by atoms with Gasteiger partial charge in [0.25, 0.3) is 0 Å². The van der Waals surface area contributed by atoms with E-state index >= 15 is 0 Å². The average molecular weight is 195 g/mol. The molecule has 3 heteroatoms. The van der Waals surface area contributed by atoms with E-state index in [1.807, 2.05) is 0 Å². The summed E-state index contributed by atoms with van der Waals surface area (Å²) in [5, 5.41) is 12.6. The molecule has 0 radical (unpaired) electrons. The van der Waals surface area contributed by atoms with Crippen molar-refractivity contribution in [1.82, 2.24) is 10.2 Å². The van der Waals surface area contributed by atoms with Crippen LogP contribution < -0.4 is 5.32 Å². The molecule has 0 spiro atoms. The minimum atomic E-state index is -0.253.